The number of rotatable bonds is 5. The van der Waals surface area contributed by atoms with Crippen LogP contribution in [0.2, 0.25) is 0 Å². The molecule has 1 aromatic rings. The van der Waals surface area contributed by atoms with Crippen LogP contribution in [0.3, 0.4) is 0 Å². The van der Waals surface area contributed by atoms with Gasteiger partial charge in [0.15, 0.2) is 0 Å². The molecule has 0 spiro atoms. The number of aryl methyl sites for hydroxylation is 1. The first kappa shape index (κ1) is 14.7. The summed E-state index contributed by atoms with van der Waals surface area (Å²) < 4.78 is 5.26. The topological polar surface area (TPSA) is 46.5 Å². The van der Waals surface area contributed by atoms with Gasteiger partial charge >= 0.3 is 5.97 Å². The van der Waals surface area contributed by atoms with Gasteiger partial charge in [-0.2, -0.15) is 0 Å². The second-order valence-corrected chi connectivity index (χ2v) is 5.66. The number of carbonyl (C=O) groups is 1. The van der Waals surface area contributed by atoms with Crippen molar-refractivity contribution in [3.63, 3.8) is 0 Å². The monoisotopic (exact) mass is 250 g/mol. The molecular formula is C15H22O3. The second-order valence-electron chi connectivity index (χ2n) is 5.66. The van der Waals surface area contributed by atoms with E-state index in [1.807, 2.05) is 39.0 Å². The van der Waals surface area contributed by atoms with Gasteiger partial charge in [0.05, 0.1) is 12.2 Å². The van der Waals surface area contributed by atoms with Gasteiger partial charge in [0.25, 0.3) is 0 Å². The normalized spacial score (nSPS) is 11.3. The largest absolute Gasteiger partial charge is 0.462 e. The van der Waals surface area contributed by atoms with E-state index in [0.717, 1.165) is 12.0 Å². The van der Waals surface area contributed by atoms with Gasteiger partial charge in [0, 0.05) is 6.61 Å². The highest BCUT2D eigenvalue weighted by molar-refractivity contribution is 5.89. The zero-order chi connectivity index (χ0) is 13.6. The van der Waals surface area contributed by atoms with E-state index in [9.17, 15) is 4.79 Å². The lowest BCUT2D eigenvalue weighted by molar-refractivity contribution is 0.0367. The summed E-state index contributed by atoms with van der Waals surface area (Å²) in [5, 5.41) is 8.79. The molecule has 0 aliphatic carbocycles. The summed E-state index contributed by atoms with van der Waals surface area (Å²) in [4.78, 5) is 11.8. The zero-order valence-corrected chi connectivity index (χ0v) is 11.4. The van der Waals surface area contributed by atoms with Crippen molar-refractivity contribution in [2.24, 2.45) is 5.41 Å². The number of carbonyl (C=O) groups excluding carboxylic acids is 1. The van der Waals surface area contributed by atoms with Crippen LogP contribution in [0.1, 0.15) is 43.1 Å². The Morgan fingerprint density at radius 3 is 2.67 bits per heavy atom. The molecule has 0 radical (unpaired) electrons. The zero-order valence-electron chi connectivity index (χ0n) is 11.4. The van der Waals surface area contributed by atoms with Crippen molar-refractivity contribution in [1.29, 1.82) is 0 Å². The van der Waals surface area contributed by atoms with E-state index in [0.29, 0.717) is 18.6 Å². The Bertz CT molecular complexity index is 391. The average molecular weight is 250 g/mol. The van der Waals surface area contributed by atoms with E-state index in [1.54, 1.807) is 6.07 Å². The van der Waals surface area contributed by atoms with Crippen molar-refractivity contribution in [3.8, 4) is 0 Å². The number of aliphatic hydroxyl groups is 1. The summed E-state index contributed by atoms with van der Waals surface area (Å²) in [6.45, 7) is 6.65. The number of hydrogen-bond acceptors (Lipinski definition) is 3. The molecule has 0 aliphatic rings. The Morgan fingerprint density at radius 2 is 2.06 bits per heavy atom. The van der Waals surface area contributed by atoms with Gasteiger partial charge in [-0.3, -0.25) is 0 Å². The fourth-order valence-electron chi connectivity index (χ4n) is 1.50. The van der Waals surface area contributed by atoms with Crippen LogP contribution in [0.5, 0.6) is 0 Å². The van der Waals surface area contributed by atoms with Crippen LogP contribution in [0.15, 0.2) is 24.3 Å². The van der Waals surface area contributed by atoms with Crippen LogP contribution < -0.4 is 0 Å². The molecule has 1 rings (SSSR count). The molecule has 1 N–H and O–H groups in total. The molecule has 1 aromatic carbocycles. The molecule has 100 valence electrons. The molecule has 0 aliphatic heterocycles. The number of esters is 1. The van der Waals surface area contributed by atoms with Crippen LogP contribution in [-0.4, -0.2) is 24.3 Å². The SMILES string of the molecule is CC(C)(C)COC(=O)c1cccc(CCCO)c1. The van der Waals surface area contributed by atoms with Crippen LogP contribution in [0, 0.1) is 5.41 Å². The van der Waals surface area contributed by atoms with Gasteiger partial charge in [-0.05, 0) is 36.0 Å². The Morgan fingerprint density at radius 1 is 1.33 bits per heavy atom. The molecule has 0 unspecified atom stereocenters. The van der Waals surface area contributed by atoms with E-state index in [1.165, 1.54) is 0 Å². The minimum absolute atomic E-state index is 0.0237. The fourth-order valence-corrected chi connectivity index (χ4v) is 1.50. The maximum Gasteiger partial charge on any atom is 0.338 e. The van der Waals surface area contributed by atoms with Crippen LogP contribution in [0.25, 0.3) is 0 Å². The molecule has 0 aromatic heterocycles. The molecule has 3 heteroatoms. The molecule has 0 amide bonds. The molecule has 0 heterocycles. The van der Waals surface area contributed by atoms with Gasteiger partial charge in [0.2, 0.25) is 0 Å². The molecule has 0 fully saturated rings. The third kappa shape index (κ3) is 5.32. The maximum absolute atomic E-state index is 11.8. The van der Waals surface area contributed by atoms with Gasteiger partial charge in [-0.25, -0.2) is 4.79 Å². The van der Waals surface area contributed by atoms with Gasteiger partial charge < -0.3 is 9.84 Å². The Kier molecular flexibility index (Phi) is 5.35. The van der Waals surface area contributed by atoms with Gasteiger partial charge in [-0.15, -0.1) is 0 Å². The highest BCUT2D eigenvalue weighted by atomic mass is 16.5. The maximum atomic E-state index is 11.8. The second kappa shape index (κ2) is 6.55. The molecule has 0 bridgehead atoms. The summed E-state index contributed by atoms with van der Waals surface area (Å²) in [5.41, 5.74) is 1.61. The highest BCUT2D eigenvalue weighted by Gasteiger charge is 2.15. The Hall–Kier alpha value is -1.35. The molecule has 0 saturated heterocycles. The summed E-state index contributed by atoms with van der Waals surface area (Å²) in [6.07, 6.45) is 1.48. The van der Waals surface area contributed by atoms with E-state index < -0.39 is 0 Å². The van der Waals surface area contributed by atoms with Crippen LogP contribution in [-0.2, 0) is 11.2 Å². The molecule has 0 saturated carbocycles. The van der Waals surface area contributed by atoms with E-state index in [2.05, 4.69) is 0 Å². The van der Waals surface area contributed by atoms with Crippen molar-refractivity contribution in [1.82, 2.24) is 0 Å². The summed E-state index contributed by atoms with van der Waals surface area (Å²) in [7, 11) is 0. The molecule has 18 heavy (non-hydrogen) atoms. The molecule has 0 atom stereocenters. The standard InChI is InChI=1S/C15H22O3/c1-15(2,3)11-18-14(17)13-8-4-6-12(10-13)7-5-9-16/h4,6,8,10,16H,5,7,9,11H2,1-3H3. The number of ether oxygens (including phenoxy) is 1. The Balaban J connectivity index is 2.62. The van der Waals surface area contributed by atoms with Crippen LogP contribution >= 0.6 is 0 Å². The van der Waals surface area contributed by atoms with E-state index in [4.69, 9.17) is 9.84 Å². The van der Waals surface area contributed by atoms with Crippen molar-refractivity contribution in [3.05, 3.63) is 35.4 Å². The predicted molar refractivity (Wildman–Crippen MR) is 71.6 cm³/mol. The summed E-state index contributed by atoms with van der Waals surface area (Å²) in [6, 6.07) is 7.39. The summed E-state index contributed by atoms with van der Waals surface area (Å²) in [5.74, 6) is -0.282. The first-order valence-electron chi connectivity index (χ1n) is 6.29. The number of hydrogen-bond donors (Lipinski definition) is 1. The minimum atomic E-state index is -0.282. The van der Waals surface area contributed by atoms with Crippen molar-refractivity contribution in [2.45, 2.75) is 33.6 Å². The first-order chi connectivity index (χ1) is 8.42. The minimum Gasteiger partial charge on any atom is -0.462 e. The smallest absolute Gasteiger partial charge is 0.338 e. The quantitative estimate of drug-likeness (QED) is 0.817. The van der Waals surface area contributed by atoms with Gasteiger partial charge in [-0.1, -0.05) is 32.9 Å². The lowest BCUT2D eigenvalue weighted by Crippen LogP contribution is -2.18. The molecule has 3 nitrogen and oxygen atoms in total. The van der Waals surface area contributed by atoms with E-state index in [-0.39, 0.29) is 18.0 Å². The van der Waals surface area contributed by atoms with Crippen molar-refractivity contribution >= 4 is 5.97 Å². The number of benzene rings is 1. The van der Waals surface area contributed by atoms with Crippen molar-refractivity contribution < 1.29 is 14.6 Å². The Labute approximate surface area is 109 Å². The summed E-state index contributed by atoms with van der Waals surface area (Å²) >= 11 is 0. The number of aliphatic hydroxyl groups excluding tert-OH is 1. The molecular weight excluding hydrogens is 228 g/mol. The third-order valence-corrected chi connectivity index (χ3v) is 2.42. The highest BCUT2D eigenvalue weighted by Crippen LogP contribution is 2.15. The lowest BCUT2D eigenvalue weighted by Gasteiger charge is -2.17. The third-order valence-electron chi connectivity index (χ3n) is 2.42. The van der Waals surface area contributed by atoms with Crippen molar-refractivity contribution in [2.75, 3.05) is 13.2 Å². The first-order valence-corrected chi connectivity index (χ1v) is 6.29. The lowest BCUT2D eigenvalue weighted by atomic mass is 9.99. The van der Waals surface area contributed by atoms with E-state index >= 15 is 0 Å². The predicted octanol–water partition coefficient (Wildman–Crippen LogP) is 2.81. The van der Waals surface area contributed by atoms with Gasteiger partial charge in [0.1, 0.15) is 0 Å². The fraction of sp³-hybridized carbons (Fsp3) is 0.533. The average Bonchev–Trinajstić information content (AvgIpc) is 2.33. The van der Waals surface area contributed by atoms with Crippen LogP contribution in [0.4, 0.5) is 0 Å².